The van der Waals surface area contributed by atoms with Crippen molar-refractivity contribution in [3.8, 4) is 11.3 Å². The van der Waals surface area contributed by atoms with E-state index < -0.39 is 6.29 Å². The number of halogens is 1. The average molecular weight is 431 g/mol. The van der Waals surface area contributed by atoms with Gasteiger partial charge in [-0.3, -0.25) is 0 Å². The van der Waals surface area contributed by atoms with Crippen LogP contribution in [0.15, 0.2) is 83.3 Å². The second kappa shape index (κ2) is 8.89. The molecule has 1 saturated heterocycles. The van der Waals surface area contributed by atoms with Gasteiger partial charge in [0.25, 0.3) is 0 Å². The number of rotatable bonds is 3. The first kappa shape index (κ1) is 20.9. The van der Waals surface area contributed by atoms with Crippen molar-refractivity contribution in [1.82, 2.24) is 0 Å². The van der Waals surface area contributed by atoms with E-state index in [2.05, 4.69) is 37.3 Å². The molecule has 0 atom stereocenters. The van der Waals surface area contributed by atoms with Gasteiger partial charge in [-0.1, -0.05) is 61.5 Å². The van der Waals surface area contributed by atoms with E-state index in [0.29, 0.717) is 35.5 Å². The third-order valence-electron chi connectivity index (χ3n) is 6.25. The Morgan fingerprint density at radius 2 is 1.56 bits per heavy atom. The van der Waals surface area contributed by atoms with Crippen LogP contribution in [0.4, 0.5) is 4.39 Å². The van der Waals surface area contributed by atoms with Crippen LogP contribution in [-0.4, -0.2) is 13.2 Å². The van der Waals surface area contributed by atoms with Crippen LogP contribution in [0, 0.1) is 5.82 Å². The summed E-state index contributed by atoms with van der Waals surface area (Å²) in [6, 6.07) is 25.3. The Bertz CT molecular complexity index is 1150. The summed E-state index contributed by atoms with van der Waals surface area (Å²) in [7, 11) is 0. The minimum absolute atomic E-state index is 0.339. The normalized spacial score (nSPS) is 17.6. The molecule has 0 amide bonds. The number of furan rings is 1. The highest BCUT2D eigenvalue weighted by atomic mass is 19.1. The summed E-state index contributed by atoms with van der Waals surface area (Å²) >= 11 is 0. The van der Waals surface area contributed by atoms with Crippen LogP contribution in [0.25, 0.3) is 22.3 Å². The number of ether oxygens (including phenoxy) is 2. The quantitative estimate of drug-likeness (QED) is 0.339. The predicted molar refractivity (Wildman–Crippen MR) is 124 cm³/mol. The molecule has 2 fully saturated rings. The molecule has 1 saturated carbocycles. The smallest absolute Gasteiger partial charge is 0.183 e. The van der Waals surface area contributed by atoms with Crippen molar-refractivity contribution in [1.29, 1.82) is 0 Å². The molecule has 0 N–H and O–H groups in total. The lowest BCUT2D eigenvalue weighted by Gasteiger charge is -2.23. The molecule has 3 nitrogen and oxygen atoms in total. The number of hydrogen-bond donors (Lipinski definition) is 0. The monoisotopic (exact) mass is 430 g/mol. The lowest BCUT2D eigenvalue weighted by molar-refractivity contribution is -0.183. The van der Waals surface area contributed by atoms with Crippen LogP contribution in [-0.2, 0) is 14.9 Å². The van der Waals surface area contributed by atoms with Gasteiger partial charge < -0.3 is 13.9 Å². The van der Waals surface area contributed by atoms with Gasteiger partial charge in [0.1, 0.15) is 17.2 Å². The number of fused-ring (bicyclic) bond motifs is 1. The average Bonchev–Trinajstić information content (AvgIpc) is 3.45. The Balaban J connectivity index is 0.000000180. The molecular weight excluding hydrogens is 403 g/mol. The molecule has 1 aliphatic carbocycles. The Labute approximate surface area is 187 Å². The van der Waals surface area contributed by atoms with Crippen molar-refractivity contribution < 1.29 is 18.3 Å². The molecule has 4 aromatic rings. The van der Waals surface area contributed by atoms with Gasteiger partial charge in [-0.05, 0) is 54.5 Å². The first-order chi connectivity index (χ1) is 15.6. The molecule has 0 unspecified atom stereocenters. The number of benzene rings is 3. The summed E-state index contributed by atoms with van der Waals surface area (Å²) in [5.41, 5.74) is 3.93. The molecule has 32 heavy (non-hydrogen) atoms. The molecular formula is C28H27FO3. The molecule has 0 spiro atoms. The first-order valence-electron chi connectivity index (χ1n) is 11.2. The summed E-state index contributed by atoms with van der Waals surface area (Å²) in [6.07, 6.45) is 3.14. The maximum atomic E-state index is 14.4. The third kappa shape index (κ3) is 4.47. The van der Waals surface area contributed by atoms with Crippen molar-refractivity contribution in [3.05, 3.63) is 95.8 Å². The van der Waals surface area contributed by atoms with Gasteiger partial charge in [-0.25, -0.2) is 4.39 Å². The fourth-order valence-corrected chi connectivity index (χ4v) is 3.99. The van der Waals surface area contributed by atoms with E-state index in [0.717, 1.165) is 17.4 Å². The minimum Gasteiger partial charge on any atom is -0.456 e. The molecule has 1 aromatic heterocycles. The zero-order chi connectivity index (χ0) is 22.0. The van der Waals surface area contributed by atoms with Gasteiger partial charge >= 0.3 is 0 Å². The largest absolute Gasteiger partial charge is 0.456 e. The molecule has 6 rings (SSSR count). The highest BCUT2D eigenvalue weighted by Crippen LogP contribution is 2.47. The molecule has 2 heterocycles. The van der Waals surface area contributed by atoms with E-state index in [1.165, 1.54) is 24.5 Å². The lowest BCUT2D eigenvalue weighted by Crippen LogP contribution is -2.17. The molecule has 0 radical (unpaired) electrons. The summed E-state index contributed by atoms with van der Waals surface area (Å²) < 4.78 is 31.2. The van der Waals surface area contributed by atoms with Gasteiger partial charge in [0, 0.05) is 10.9 Å². The van der Waals surface area contributed by atoms with Gasteiger partial charge in [0.2, 0.25) is 0 Å². The van der Waals surface area contributed by atoms with E-state index in [1.54, 1.807) is 6.07 Å². The Morgan fingerprint density at radius 3 is 2.25 bits per heavy atom. The van der Waals surface area contributed by atoms with Gasteiger partial charge in [-0.2, -0.15) is 0 Å². The van der Waals surface area contributed by atoms with Gasteiger partial charge in [0.15, 0.2) is 6.29 Å². The zero-order valence-electron chi connectivity index (χ0n) is 18.2. The SMILES string of the molecule is CC1(c2ccccc2)CC1.Fc1cc(C2OCCCO2)ccc1-c1cc2ccccc2o1. The van der Waals surface area contributed by atoms with Crippen molar-refractivity contribution in [2.45, 2.75) is 37.9 Å². The molecule has 1 aliphatic heterocycles. The van der Waals surface area contributed by atoms with E-state index in [9.17, 15) is 4.39 Å². The molecule has 2 aliphatic rings. The van der Waals surface area contributed by atoms with Crippen molar-refractivity contribution in [3.63, 3.8) is 0 Å². The van der Waals surface area contributed by atoms with E-state index >= 15 is 0 Å². The highest BCUT2D eigenvalue weighted by molar-refractivity contribution is 5.82. The standard InChI is InChI=1S/C18H15FO3.C10H12/c19-15-10-13(18-20-8-3-9-21-18)6-7-14(15)17-11-12-4-1-2-5-16(12)22-17;1-10(7-8-10)9-5-3-2-4-6-9/h1-2,4-7,10-11,18H,3,8-9H2;2-6H,7-8H2,1H3. The Hall–Kier alpha value is -2.95. The van der Waals surface area contributed by atoms with E-state index in [1.807, 2.05) is 36.4 Å². The van der Waals surface area contributed by atoms with E-state index in [-0.39, 0.29) is 5.82 Å². The number of para-hydroxylation sites is 1. The minimum atomic E-state index is -0.479. The van der Waals surface area contributed by atoms with Crippen molar-refractivity contribution in [2.24, 2.45) is 0 Å². The summed E-state index contributed by atoms with van der Waals surface area (Å²) in [4.78, 5) is 0. The Kier molecular flexibility index (Phi) is 5.81. The summed E-state index contributed by atoms with van der Waals surface area (Å²) in [5, 5.41) is 0.958. The van der Waals surface area contributed by atoms with Crippen LogP contribution < -0.4 is 0 Å². The molecule has 0 bridgehead atoms. The van der Waals surface area contributed by atoms with Crippen LogP contribution in [0.5, 0.6) is 0 Å². The molecule has 3 aromatic carbocycles. The van der Waals surface area contributed by atoms with Crippen LogP contribution in [0.3, 0.4) is 0 Å². The highest BCUT2D eigenvalue weighted by Gasteiger charge is 2.38. The zero-order valence-corrected chi connectivity index (χ0v) is 18.2. The molecule has 4 heteroatoms. The van der Waals surface area contributed by atoms with Gasteiger partial charge in [0.05, 0.1) is 18.8 Å². The molecule has 164 valence electrons. The third-order valence-corrected chi connectivity index (χ3v) is 6.25. The second-order valence-corrected chi connectivity index (χ2v) is 8.74. The van der Waals surface area contributed by atoms with Crippen LogP contribution >= 0.6 is 0 Å². The van der Waals surface area contributed by atoms with Crippen LogP contribution in [0.2, 0.25) is 0 Å². The maximum Gasteiger partial charge on any atom is 0.183 e. The number of hydrogen-bond acceptors (Lipinski definition) is 3. The van der Waals surface area contributed by atoms with E-state index in [4.69, 9.17) is 13.9 Å². The first-order valence-corrected chi connectivity index (χ1v) is 11.2. The van der Waals surface area contributed by atoms with Gasteiger partial charge in [-0.15, -0.1) is 0 Å². The maximum absolute atomic E-state index is 14.4. The predicted octanol–water partition coefficient (Wildman–Crippen LogP) is 7.41. The van der Waals surface area contributed by atoms with Crippen LogP contribution in [0.1, 0.15) is 43.6 Å². The fourth-order valence-electron chi connectivity index (χ4n) is 3.99. The van der Waals surface area contributed by atoms with Crippen molar-refractivity contribution in [2.75, 3.05) is 13.2 Å². The Morgan fingerprint density at radius 1 is 0.844 bits per heavy atom. The fraction of sp³-hybridized carbons (Fsp3) is 0.286. The lowest BCUT2D eigenvalue weighted by atomic mass is 9.99. The summed E-state index contributed by atoms with van der Waals surface area (Å²) in [6.45, 7) is 3.61. The summed E-state index contributed by atoms with van der Waals surface area (Å²) in [5.74, 6) is 0.185. The second-order valence-electron chi connectivity index (χ2n) is 8.74. The van der Waals surface area contributed by atoms with Crippen molar-refractivity contribution >= 4 is 11.0 Å². The topological polar surface area (TPSA) is 31.6 Å².